The standard InChI is InChI=1S/C21H42O4/c1-3-5-6-7-8-9-10-11-12-13-15-20(14-4-2)21(23)25-19-18-24-17-16-22/h20,22H,3-19H2,1-2H3. The van der Waals surface area contributed by atoms with Crippen LogP contribution in [0, 0.1) is 5.92 Å². The highest BCUT2D eigenvalue weighted by molar-refractivity contribution is 5.72. The Morgan fingerprint density at radius 2 is 1.36 bits per heavy atom. The van der Waals surface area contributed by atoms with E-state index in [2.05, 4.69) is 13.8 Å². The van der Waals surface area contributed by atoms with Gasteiger partial charge < -0.3 is 14.6 Å². The molecule has 0 aliphatic carbocycles. The zero-order chi connectivity index (χ0) is 18.6. The average molecular weight is 359 g/mol. The van der Waals surface area contributed by atoms with E-state index in [0.717, 1.165) is 25.7 Å². The molecule has 1 N–H and O–H groups in total. The third kappa shape index (κ3) is 16.6. The second-order valence-electron chi connectivity index (χ2n) is 6.96. The number of esters is 1. The van der Waals surface area contributed by atoms with Crippen molar-refractivity contribution < 1.29 is 19.4 Å². The Balaban J connectivity index is 3.62. The minimum absolute atomic E-state index is 0.00511. The van der Waals surface area contributed by atoms with Crippen LogP contribution in [-0.2, 0) is 14.3 Å². The van der Waals surface area contributed by atoms with Gasteiger partial charge in [-0.25, -0.2) is 0 Å². The average Bonchev–Trinajstić information content (AvgIpc) is 2.62. The van der Waals surface area contributed by atoms with Crippen LogP contribution in [0.25, 0.3) is 0 Å². The van der Waals surface area contributed by atoms with E-state index in [0.29, 0.717) is 13.2 Å². The summed E-state index contributed by atoms with van der Waals surface area (Å²) in [5, 5.41) is 8.62. The molecule has 25 heavy (non-hydrogen) atoms. The number of unbranched alkanes of at least 4 members (excludes halogenated alkanes) is 9. The molecule has 0 aromatic carbocycles. The van der Waals surface area contributed by atoms with E-state index in [1.807, 2.05) is 0 Å². The van der Waals surface area contributed by atoms with Crippen molar-refractivity contribution in [2.24, 2.45) is 5.92 Å². The van der Waals surface area contributed by atoms with E-state index < -0.39 is 0 Å². The van der Waals surface area contributed by atoms with Crippen LogP contribution in [0.2, 0.25) is 0 Å². The van der Waals surface area contributed by atoms with Gasteiger partial charge in [-0.2, -0.15) is 0 Å². The van der Waals surface area contributed by atoms with Crippen molar-refractivity contribution >= 4 is 5.97 Å². The molecule has 0 aliphatic rings. The number of hydrogen-bond donors (Lipinski definition) is 1. The van der Waals surface area contributed by atoms with Crippen LogP contribution in [0.4, 0.5) is 0 Å². The molecule has 0 fully saturated rings. The summed E-state index contributed by atoms with van der Waals surface area (Å²) in [5.41, 5.74) is 0. The van der Waals surface area contributed by atoms with Gasteiger partial charge in [0.25, 0.3) is 0 Å². The molecule has 0 aliphatic heterocycles. The van der Waals surface area contributed by atoms with Gasteiger partial charge in [-0.1, -0.05) is 84.5 Å². The number of aliphatic hydroxyl groups excluding tert-OH is 1. The SMILES string of the molecule is CCCCCCCCCCCCC(CCC)C(=O)OCCOCCO. The lowest BCUT2D eigenvalue weighted by molar-refractivity contribution is -0.150. The third-order valence-electron chi connectivity index (χ3n) is 4.58. The summed E-state index contributed by atoms with van der Waals surface area (Å²) in [6.45, 7) is 5.33. The lowest BCUT2D eigenvalue weighted by atomic mass is 9.96. The molecule has 1 atom stereocenters. The molecule has 0 saturated carbocycles. The number of aliphatic hydroxyl groups is 1. The molecule has 0 aromatic rings. The minimum atomic E-state index is -0.0784. The summed E-state index contributed by atoms with van der Waals surface area (Å²) in [6, 6.07) is 0. The Bertz CT molecular complexity index is 281. The summed E-state index contributed by atoms with van der Waals surface area (Å²) in [7, 11) is 0. The van der Waals surface area contributed by atoms with Gasteiger partial charge >= 0.3 is 5.97 Å². The Morgan fingerprint density at radius 1 is 0.760 bits per heavy atom. The first-order valence-corrected chi connectivity index (χ1v) is 10.6. The molecule has 0 aromatic heterocycles. The van der Waals surface area contributed by atoms with Gasteiger partial charge in [0.15, 0.2) is 0 Å². The number of rotatable bonds is 19. The predicted octanol–water partition coefficient (Wildman–Crippen LogP) is 5.27. The van der Waals surface area contributed by atoms with E-state index in [1.165, 1.54) is 57.8 Å². The van der Waals surface area contributed by atoms with Crippen LogP contribution < -0.4 is 0 Å². The molecule has 0 amide bonds. The highest BCUT2D eigenvalue weighted by Gasteiger charge is 2.18. The fourth-order valence-electron chi connectivity index (χ4n) is 3.09. The van der Waals surface area contributed by atoms with Crippen LogP contribution in [-0.4, -0.2) is 37.5 Å². The summed E-state index contributed by atoms with van der Waals surface area (Å²) >= 11 is 0. The molecule has 1 unspecified atom stereocenters. The monoisotopic (exact) mass is 358 g/mol. The van der Waals surface area contributed by atoms with Crippen LogP contribution in [0.5, 0.6) is 0 Å². The zero-order valence-corrected chi connectivity index (χ0v) is 16.8. The molecule has 0 saturated heterocycles. The minimum Gasteiger partial charge on any atom is -0.463 e. The lowest BCUT2D eigenvalue weighted by Gasteiger charge is -2.15. The summed E-state index contributed by atoms with van der Waals surface area (Å²) in [5.74, 6) is -0.0396. The number of carbonyl (C=O) groups excluding carboxylic acids is 1. The topological polar surface area (TPSA) is 55.8 Å². The molecule has 0 bridgehead atoms. The second-order valence-corrected chi connectivity index (χ2v) is 6.96. The molecule has 0 spiro atoms. The van der Waals surface area contributed by atoms with Crippen LogP contribution >= 0.6 is 0 Å². The van der Waals surface area contributed by atoms with E-state index >= 15 is 0 Å². The Morgan fingerprint density at radius 3 is 1.92 bits per heavy atom. The maximum absolute atomic E-state index is 12.1. The summed E-state index contributed by atoms with van der Waals surface area (Å²) in [4.78, 5) is 12.1. The predicted molar refractivity (Wildman–Crippen MR) is 104 cm³/mol. The van der Waals surface area contributed by atoms with Gasteiger partial charge in [0.05, 0.1) is 25.7 Å². The van der Waals surface area contributed by atoms with Gasteiger partial charge in [0, 0.05) is 0 Å². The number of ether oxygens (including phenoxy) is 2. The molecule has 4 heteroatoms. The van der Waals surface area contributed by atoms with Crippen molar-refractivity contribution in [1.82, 2.24) is 0 Å². The second kappa shape index (κ2) is 19.7. The molecule has 4 nitrogen and oxygen atoms in total. The summed E-state index contributed by atoms with van der Waals surface area (Å²) < 4.78 is 10.4. The number of carbonyl (C=O) groups is 1. The van der Waals surface area contributed by atoms with E-state index in [-0.39, 0.29) is 25.1 Å². The Hall–Kier alpha value is -0.610. The molecule has 0 heterocycles. The van der Waals surface area contributed by atoms with Crippen molar-refractivity contribution in [2.75, 3.05) is 26.4 Å². The fourth-order valence-corrected chi connectivity index (χ4v) is 3.09. The van der Waals surface area contributed by atoms with Gasteiger partial charge in [0.1, 0.15) is 6.61 Å². The molecule has 0 rings (SSSR count). The molecule has 0 radical (unpaired) electrons. The van der Waals surface area contributed by atoms with Gasteiger partial charge in [-0.15, -0.1) is 0 Å². The van der Waals surface area contributed by atoms with E-state index in [9.17, 15) is 4.79 Å². The Kier molecular flexibility index (Phi) is 19.2. The fraction of sp³-hybridized carbons (Fsp3) is 0.952. The van der Waals surface area contributed by atoms with Crippen LogP contribution in [0.1, 0.15) is 97.3 Å². The highest BCUT2D eigenvalue weighted by Crippen LogP contribution is 2.19. The van der Waals surface area contributed by atoms with E-state index in [4.69, 9.17) is 14.6 Å². The van der Waals surface area contributed by atoms with Crippen LogP contribution in [0.15, 0.2) is 0 Å². The van der Waals surface area contributed by atoms with Crippen molar-refractivity contribution in [3.63, 3.8) is 0 Å². The van der Waals surface area contributed by atoms with Crippen molar-refractivity contribution in [1.29, 1.82) is 0 Å². The Labute approximate surface area is 155 Å². The first kappa shape index (κ1) is 24.4. The van der Waals surface area contributed by atoms with Gasteiger partial charge in [0.2, 0.25) is 0 Å². The largest absolute Gasteiger partial charge is 0.463 e. The first-order chi connectivity index (χ1) is 12.3. The maximum atomic E-state index is 12.1. The van der Waals surface area contributed by atoms with E-state index in [1.54, 1.807) is 0 Å². The molecule has 150 valence electrons. The van der Waals surface area contributed by atoms with Crippen LogP contribution in [0.3, 0.4) is 0 Å². The highest BCUT2D eigenvalue weighted by atomic mass is 16.6. The van der Waals surface area contributed by atoms with Crippen molar-refractivity contribution in [2.45, 2.75) is 97.3 Å². The normalized spacial score (nSPS) is 12.3. The smallest absolute Gasteiger partial charge is 0.309 e. The van der Waals surface area contributed by atoms with Crippen molar-refractivity contribution in [3.8, 4) is 0 Å². The van der Waals surface area contributed by atoms with Gasteiger partial charge in [-0.05, 0) is 12.8 Å². The third-order valence-corrected chi connectivity index (χ3v) is 4.58. The number of hydrogen-bond acceptors (Lipinski definition) is 4. The van der Waals surface area contributed by atoms with Crippen molar-refractivity contribution in [3.05, 3.63) is 0 Å². The summed E-state index contributed by atoms with van der Waals surface area (Å²) in [6.07, 6.45) is 16.0. The van der Waals surface area contributed by atoms with Gasteiger partial charge in [-0.3, -0.25) is 4.79 Å². The quantitative estimate of drug-likeness (QED) is 0.252. The maximum Gasteiger partial charge on any atom is 0.309 e. The first-order valence-electron chi connectivity index (χ1n) is 10.6. The lowest BCUT2D eigenvalue weighted by Crippen LogP contribution is -2.20. The molecular weight excluding hydrogens is 316 g/mol. The molecular formula is C21H42O4. The zero-order valence-electron chi connectivity index (χ0n) is 16.8.